The zero-order chi connectivity index (χ0) is 16.8. The largest absolute Gasteiger partial charge is 0.367 e. The Balaban J connectivity index is 2.14. The van der Waals surface area contributed by atoms with Crippen LogP contribution in [0.15, 0.2) is 29.3 Å². The second-order valence-corrected chi connectivity index (χ2v) is 6.48. The molecular weight excluding hydrogens is 293 g/mol. The minimum absolute atomic E-state index is 0.0674. The van der Waals surface area contributed by atoms with Crippen molar-refractivity contribution in [3.8, 4) is 0 Å². The van der Waals surface area contributed by atoms with E-state index in [4.69, 9.17) is 9.73 Å². The van der Waals surface area contributed by atoms with Crippen LogP contribution in [-0.4, -0.2) is 43.1 Å². The second kappa shape index (κ2) is 8.29. The first kappa shape index (κ1) is 17.7. The molecular formula is C18H28FN3O. The summed E-state index contributed by atoms with van der Waals surface area (Å²) in [4.78, 5) is 6.97. The van der Waals surface area contributed by atoms with E-state index >= 15 is 0 Å². The van der Waals surface area contributed by atoms with E-state index in [0.29, 0.717) is 5.92 Å². The van der Waals surface area contributed by atoms with Crippen molar-refractivity contribution in [2.75, 3.05) is 26.2 Å². The third-order valence-electron chi connectivity index (χ3n) is 3.74. The molecule has 1 aromatic rings. The van der Waals surface area contributed by atoms with Crippen LogP contribution >= 0.6 is 0 Å². The fourth-order valence-corrected chi connectivity index (χ4v) is 2.68. The first-order valence-corrected chi connectivity index (χ1v) is 8.43. The van der Waals surface area contributed by atoms with Gasteiger partial charge in [0.05, 0.1) is 12.6 Å². The lowest BCUT2D eigenvalue weighted by Gasteiger charge is -2.38. The number of morpholine rings is 1. The maximum absolute atomic E-state index is 13.1. The van der Waals surface area contributed by atoms with E-state index < -0.39 is 0 Å². The second-order valence-electron chi connectivity index (χ2n) is 6.48. The Bertz CT molecular complexity index is 516. The van der Waals surface area contributed by atoms with Crippen LogP contribution in [0.25, 0.3) is 0 Å². The number of hydrogen-bond donors (Lipinski definition) is 1. The van der Waals surface area contributed by atoms with Gasteiger partial charge in [-0.1, -0.05) is 26.0 Å². The van der Waals surface area contributed by atoms with Crippen LogP contribution in [-0.2, 0) is 4.74 Å². The van der Waals surface area contributed by atoms with Gasteiger partial charge in [0, 0.05) is 19.6 Å². The zero-order valence-corrected chi connectivity index (χ0v) is 14.6. The Morgan fingerprint density at radius 2 is 2.04 bits per heavy atom. The number of nitrogens with zero attached hydrogens (tertiary/aromatic N) is 2. The maximum atomic E-state index is 13.1. The van der Waals surface area contributed by atoms with Crippen molar-refractivity contribution >= 4 is 5.96 Å². The summed E-state index contributed by atoms with van der Waals surface area (Å²) in [6, 6.07) is 6.57. The minimum Gasteiger partial charge on any atom is -0.367 e. The van der Waals surface area contributed by atoms with E-state index in [0.717, 1.165) is 37.7 Å². The molecule has 1 heterocycles. The van der Waals surface area contributed by atoms with E-state index in [1.165, 1.54) is 12.1 Å². The topological polar surface area (TPSA) is 36.9 Å². The number of rotatable bonds is 4. The van der Waals surface area contributed by atoms with Gasteiger partial charge >= 0.3 is 0 Å². The van der Waals surface area contributed by atoms with Gasteiger partial charge in [-0.05, 0) is 37.5 Å². The van der Waals surface area contributed by atoms with E-state index in [1.807, 2.05) is 0 Å². The summed E-state index contributed by atoms with van der Waals surface area (Å²) in [6.07, 6.45) is 0.0314. The molecule has 2 atom stereocenters. The molecule has 0 bridgehead atoms. The molecule has 0 amide bonds. The van der Waals surface area contributed by atoms with Gasteiger partial charge in [0.15, 0.2) is 5.96 Å². The summed E-state index contributed by atoms with van der Waals surface area (Å²) in [5.74, 6) is 1.24. The van der Waals surface area contributed by atoms with Crippen LogP contribution < -0.4 is 5.32 Å². The van der Waals surface area contributed by atoms with E-state index in [1.54, 1.807) is 12.1 Å². The predicted molar refractivity (Wildman–Crippen MR) is 92.1 cm³/mol. The smallest absolute Gasteiger partial charge is 0.194 e. The van der Waals surface area contributed by atoms with Gasteiger partial charge in [0.2, 0.25) is 0 Å². The zero-order valence-electron chi connectivity index (χ0n) is 14.6. The van der Waals surface area contributed by atoms with Crippen LogP contribution in [0, 0.1) is 11.7 Å². The molecule has 5 heteroatoms. The van der Waals surface area contributed by atoms with Crippen LogP contribution in [0.1, 0.15) is 39.4 Å². The minimum atomic E-state index is -0.221. The van der Waals surface area contributed by atoms with E-state index in [2.05, 4.69) is 37.9 Å². The molecule has 128 valence electrons. The van der Waals surface area contributed by atoms with Crippen LogP contribution in [0.2, 0.25) is 0 Å². The Morgan fingerprint density at radius 3 is 2.65 bits per heavy atom. The van der Waals surface area contributed by atoms with Gasteiger partial charge in [-0.15, -0.1) is 0 Å². The SMILES string of the molecule is CCNC(=NCC(C)C)N1CC(C)OC(c2ccc(F)cc2)C1. The van der Waals surface area contributed by atoms with Crippen molar-refractivity contribution in [1.29, 1.82) is 0 Å². The third kappa shape index (κ3) is 5.20. The molecule has 2 rings (SSSR count). The van der Waals surface area contributed by atoms with Gasteiger partial charge in [-0.2, -0.15) is 0 Å². The van der Waals surface area contributed by atoms with Crippen LogP contribution in [0.4, 0.5) is 4.39 Å². The first-order valence-electron chi connectivity index (χ1n) is 8.43. The van der Waals surface area contributed by atoms with Crippen molar-refractivity contribution in [1.82, 2.24) is 10.2 Å². The summed E-state index contributed by atoms with van der Waals surface area (Å²) < 4.78 is 19.2. The number of ether oxygens (including phenoxy) is 1. The van der Waals surface area contributed by atoms with Gasteiger partial charge in [-0.25, -0.2) is 4.39 Å². The van der Waals surface area contributed by atoms with Crippen molar-refractivity contribution in [3.05, 3.63) is 35.6 Å². The van der Waals surface area contributed by atoms with E-state index in [9.17, 15) is 4.39 Å². The molecule has 0 saturated carbocycles. The highest BCUT2D eigenvalue weighted by molar-refractivity contribution is 5.80. The highest BCUT2D eigenvalue weighted by atomic mass is 19.1. The molecule has 0 spiro atoms. The van der Waals surface area contributed by atoms with Crippen molar-refractivity contribution in [2.45, 2.75) is 39.9 Å². The molecule has 2 unspecified atom stereocenters. The molecule has 0 aromatic heterocycles. The molecule has 0 aliphatic carbocycles. The summed E-state index contributed by atoms with van der Waals surface area (Å²) >= 11 is 0. The number of halogens is 1. The van der Waals surface area contributed by atoms with Crippen molar-refractivity contribution in [2.24, 2.45) is 10.9 Å². The lowest BCUT2D eigenvalue weighted by molar-refractivity contribution is -0.0605. The van der Waals surface area contributed by atoms with Crippen molar-refractivity contribution in [3.63, 3.8) is 0 Å². The normalized spacial score (nSPS) is 22.5. The third-order valence-corrected chi connectivity index (χ3v) is 3.74. The Hall–Kier alpha value is -1.62. The Labute approximate surface area is 138 Å². The molecule has 1 aromatic carbocycles. The Kier molecular flexibility index (Phi) is 6.39. The number of benzene rings is 1. The first-order chi connectivity index (χ1) is 11.0. The number of aliphatic imine (C=N–C) groups is 1. The molecule has 23 heavy (non-hydrogen) atoms. The molecule has 1 saturated heterocycles. The fourth-order valence-electron chi connectivity index (χ4n) is 2.68. The van der Waals surface area contributed by atoms with Gasteiger partial charge in [0.1, 0.15) is 11.9 Å². The lowest BCUT2D eigenvalue weighted by Crippen LogP contribution is -2.50. The average Bonchev–Trinajstić information content (AvgIpc) is 2.51. The maximum Gasteiger partial charge on any atom is 0.194 e. The van der Waals surface area contributed by atoms with Crippen LogP contribution in [0.3, 0.4) is 0 Å². The molecule has 1 fully saturated rings. The van der Waals surface area contributed by atoms with E-state index in [-0.39, 0.29) is 18.0 Å². The molecule has 1 aliphatic heterocycles. The average molecular weight is 321 g/mol. The van der Waals surface area contributed by atoms with Gasteiger partial charge in [0.25, 0.3) is 0 Å². The summed E-state index contributed by atoms with van der Waals surface area (Å²) in [5.41, 5.74) is 1.00. The molecule has 1 aliphatic rings. The molecule has 4 nitrogen and oxygen atoms in total. The van der Waals surface area contributed by atoms with Crippen molar-refractivity contribution < 1.29 is 9.13 Å². The molecule has 0 radical (unpaired) electrons. The highest BCUT2D eigenvalue weighted by Crippen LogP contribution is 2.25. The quantitative estimate of drug-likeness (QED) is 0.683. The number of hydrogen-bond acceptors (Lipinski definition) is 2. The summed E-state index contributed by atoms with van der Waals surface area (Å²) in [7, 11) is 0. The van der Waals surface area contributed by atoms with Gasteiger partial charge < -0.3 is 15.0 Å². The summed E-state index contributed by atoms with van der Waals surface area (Å²) in [5, 5.41) is 3.37. The fraction of sp³-hybridized carbons (Fsp3) is 0.611. The van der Waals surface area contributed by atoms with Gasteiger partial charge in [-0.3, -0.25) is 4.99 Å². The molecule has 1 N–H and O–H groups in total. The standard InChI is InChI=1S/C18H28FN3O/c1-5-20-18(21-10-13(2)3)22-11-14(4)23-17(12-22)15-6-8-16(19)9-7-15/h6-9,13-14,17H,5,10-12H2,1-4H3,(H,20,21). The summed E-state index contributed by atoms with van der Waals surface area (Å²) in [6.45, 7) is 11.6. The monoisotopic (exact) mass is 321 g/mol. The lowest BCUT2D eigenvalue weighted by atomic mass is 10.1. The van der Waals surface area contributed by atoms with Crippen LogP contribution in [0.5, 0.6) is 0 Å². The Morgan fingerprint density at radius 1 is 1.35 bits per heavy atom. The number of guanidine groups is 1. The predicted octanol–water partition coefficient (Wildman–Crippen LogP) is 3.21. The highest BCUT2D eigenvalue weighted by Gasteiger charge is 2.28. The number of nitrogens with one attached hydrogen (secondary N) is 1.